The van der Waals surface area contributed by atoms with E-state index in [0.717, 1.165) is 5.56 Å². The monoisotopic (exact) mass is 358 g/mol. The third-order valence-electron chi connectivity index (χ3n) is 4.01. The van der Waals surface area contributed by atoms with Crippen LogP contribution in [0.15, 0.2) is 42.5 Å². The number of hydrogen-bond acceptors (Lipinski definition) is 5. The molecular formula is C21H26O5. The molecule has 2 rings (SSSR count). The predicted molar refractivity (Wildman–Crippen MR) is 102 cm³/mol. The van der Waals surface area contributed by atoms with Crippen molar-refractivity contribution >= 4 is 6.08 Å². The topological polar surface area (TPSA) is 57.2 Å². The minimum atomic E-state index is -0.828. The largest absolute Gasteiger partial charge is 0.497 e. The van der Waals surface area contributed by atoms with Gasteiger partial charge in [-0.2, -0.15) is 0 Å². The van der Waals surface area contributed by atoms with E-state index in [4.69, 9.17) is 18.9 Å². The van der Waals surface area contributed by atoms with Crippen LogP contribution in [0, 0.1) is 0 Å². The summed E-state index contributed by atoms with van der Waals surface area (Å²) in [6.45, 7) is 3.76. The van der Waals surface area contributed by atoms with Gasteiger partial charge in [0, 0.05) is 6.07 Å². The van der Waals surface area contributed by atoms with Crippen LogP contribution in [0.2, 0.25) is 0 Å². The Bertz CT molecular complexity index is 754. The Kier molecular flexibility index (Phi) is 6.92. The van der Waals surface area contributed by atoms with E-state index in [0.29, 0.717) is 28.6 Å². The Labute approximate surface area is 154 Å². The van der Waals surface area contributed by atoms with Crippen LogP contribution in [0.4, 0.5) is 0 Å². The van der Waals surface area contributed by atoms with Crippen LogP contribution in [0.5, 0.6) is 23.0 Å². The van der Waals surface area contributed by atoms with Crippen molar-refractivity contribution in [2.75, 3.05) is 21.3 Å². The first-order valence-electron chi connectivity index (χ1n) is 8.40. The van der Waals surface area contributed by atoms with Gasteiger partial charge < -0.3 is 24.1 Å². The predicted octanol–water partition coefficient (Wildman–Crippen LogP) is 4.25. The number of allylic oxidation sites excluding steroid dienone is 1. The smallest absolute Gasteiger partial charge is 0.161 e. The first kappa shape index (κ1) is 19.7. The van der Waals surface area contributed by atoms with Gasteiger partial charge in [0.15, 0.2) is 11.5 Å². The first-order valence-corrected chi connectivity index (χ1v) is 8.40. The lowest BCUT2D eigenvalue weighted by Crippen LogP contribution is -2.21. The summed E-state index contributed by atoms with van der Waals surface area (Å²) in [6.07, 6.45) is 2.61. The molecule has 0 spiro atoms. The molecule has 0 aliphatic rings. The standard InChI is InChI=1S/C21H26O5/c1-6-7-15-10-17(23-3)13-18(11-15)26-14(2)21(22)16-8-9-19(24-4)20(12-16)25-5/h6-14,21-22H,1-5H3/t14-,21-/m1/s1. The molecule has 5 nitrogen and oxygen atoms in total. The van der Waals surface area contributed by atoms with Gasteiger partial charge in [-0.1, -0.05) is 18.2 Å². The van der Waals surface area contributed by atoms with Gasteiger partial charge in [-0.25, -0.2) is 0 Å². The summed E-state index contributed by atoms with van der Waals surface area (Å²) in [5.41, 5.74) is 1.65. The second kappa shape index (κ2) is 9.15. The Morgan fingerprint density at radius 3 is 2.19 bits per heavy atom. The minimum absolute atomic E-state index is 0.473. The third kappa shape index (κ3) is 4.70. The Hall–Kier alpha value is -2.66. The maximum atomic E-state index is 10.7. The van der Waals surface area contributed by atoms with E-state index in [-0.39, 0.29) is 0 Å². The van der Waals surface area contributed by atoms with Gasteiger partial charge in [0.05, 0.1) is 21.3 Å². The highest BCUT2D eigenvalue weighted by molar-refractivity contribution is 5.55. The number of aliphatic hydroxyl groups excluding tert-OH is 1. The molecule has 0 heterocycles. The summed E-state index contributed by atoms with van der Waals surface area (Å²) in [7, 11) is 4.75. The van der Waals surface area contributed by atoms with Crippen molar-refractivity contribution in [3.8, 4) is 23.0 Å². The third-order valence-corrected chi connectivity index (χ3v) is 4.01. The SMILES string of the molecule is CC=Cc1cc(OC)cc(O[C@H](C)[C@@H](O)c2ccc(OC)c(OC)c2)c1. The molecule has 26 heavy (non-hydrogen) atoms. The number of methoxy groups -OCH3 is 3. The van der Waals surface area contributed by atoms with Crippen LogP contribution in [0.3, 0.4) is 0 Å². The molecule has 0 saturated heterocycles. The summed E-state index contributed by atoms with van der Waals surface area (Å²) in [4.78, 5) is 0. The molecule has 0 aromatic heterocycles. The van der Waals surface area contributed by atoms with Gasteiger partial charge in [-0.05, 0) is 49.2 Å². The van der Waals surface area contributed by atoms with Crippen molar-refractivity contribution < 1.29 is 24.1 Å². The fourth-order valence-corrected chi connectivity index (χ4v) is 2.66. The first-order chi connectivity index (χ1) is 12.5. The molecule has 0 aliphatic heterocycles. The van der Waals surface area contributed by atoms with E-state index in [9.17, 15) is 5.11 Å². The van der Waals surface area contributed by atoms with Gasteiger partial charge in [0.1, 0.15) is 23.7 Å². The quantitative estimate of drug-likeness (QED) is 0.765. The second-order valence-electron chi connectivity index (χ2n) is 5.82. The molecule has 2 atom stereocenters. The summed E-state index contributed by atoms with van der Waals surface area (Å²) in [5.74, 6) is 2.50. The maximum absolute atomic E-state index is 10.7. The molecule has 0 fully saturated rings. The zero-order valence-electron chi connectivity index (χ0n) is 15.9. The number of ether oxygens (including phenoxy) is 4. The van der Waals surface area contributed by atoms with E-state index < -0.39 is 12.2 Å². The molecular weight excluding hydrogens is 332 g/mol. The van der Waals surface area contributed by atoms with Crippen LogP contribution in [-0.2, 0) is 0 Å². The zero-order valence-corrected chi connectivity index (χ0v) is 15.9. The van der Waals surface area contributed by atoms with Crippen LogP contribution in [0.1, 0.15) is 31.1 Å². The highest BCUT2D eigenvalue weighted by atomic mass is 16.5. The molecule has 1 N–H and O–H groups in total. The van der Waals surface area contributed by atoms with Crippen molar-refractivity contribution in [2.45, 2.75) is 26.1 Å². The number of rotatable bonds is 8. The molecule has 0 aliphatic carbocycles. The molecule has 0 radical (unpaired) electrons. The van der Waals surface area contributed by atoms with Gasteiger partial charge in [0.2, 0.25) is 0 Å². The van der Waals surface area contributed by atoms with Gasteiger partial charge in [0.25, 0.3) is 0 Å². The van der Waals surface area contributed by atoms with Crippen molar-refractivity contribution in [1.29, 1.82) is 0 Å². The number of aliphatic hydroxyl groups is 1. The molecule has 140 valence electrons. The zero-order chi connectivity index (χ0) is 19.1. The number of hydrogen-bond donors (Lipinski definition) is 1. The van der Waals surface area contributed by atoms with Crippen LogP contribution < -0.4 is 18.9 Å². The summed E-state index contributed by atoms with van der Waals surface area (Å²) >= 11 is 0. The Morgan fingerprint density at radius 2 is 1.58 bits per heavy atom. The molecule has 0 bridgehead atoms. The fraction of sp³-hybridized carbons (Fsp3) is 0.333. The van der Waals surface area contributed by atoms with Crippen LogP contribution in [0.25, 0.3) is 6.08 Å². The van der Waals surface area contributed by atoms with E-state index in [1.807, 2.05) is 38.1 Å². The minimum Gasteiger partial charge on any atom is -0.497 e. The van der Waals surface area contributed by atoms with Crippen LogP contribution in [-0.4, -0.2) is 32.5 Å². The summed E-state index contributed by atoms with van der Waals surface area (Å²) in [6, 6.07) is 10.9. The van der Waals surface area contributed by atoms with Crippen LogP contribution >= 0.6 is 0 Å². The molecule has 0 amide bonds. The summed E-state index contributed by atoms with van der Waals surface area (Å²) in [5, 5.41) is 10.7. The average Bonchev–Trinajstić information content (AvgIpc) is 2.66. The van der Waals surface area contributed by atoms with Crippen molar-refractivity contribution in [1.82, 2.24) is 0 Å². The molecule has 2 aromatic rings. The lowest BCUT2D eigenvalue weighted by Gasteiger charge is -2.22. The maximum Gasteiger partial charge on any atom is 0.161 e. The fourth-order valence-electron chi connectivity index (χ4n) is 2.66. The Balaban J connectivity index is 2.21. The van der Waals surface area contributed by atoms with Gasteiger partial charge in [-0.15, -0.1) is 0 Å². The second-order valence-corrected chi connectivity index (χ2v) is 5.82. The van der Waals surface area contributed by atoms with Gasteiger partial charge >= 0.3 is 0 Å². The number of benzene rings is 2. The van der Waals surface area contributed by atoms with E-state index in [2.05, 4.69) is 0 Å². The lowest BCUT2D eigenvalue weighted by molar-refractivity contribution is 0.0464. The highest BCUT2D eigenvalue weighted by Crippen LogP contribution is 2.32. The van der Waals surface area contributed by atoms with E-state index in [1.165, 1.54) is 0 Å². The molecule has 5 heteroatoms. The highest BCUT2D eigenvalue weighted by Gasteiger charge is 2.20. The summed E-state index contributed by atoms with van der Waals surface area (Å²) < 4.78 is 21.8. The van der Waals surface area contributed by atoms with Crippen molar-refractivity contribution in [2.24, 2.45) is 0 Å². The van der Waals surface area contributed by atoms with E-state index in [1.54, 1.807) is 45.6 Å². The molecule has 0 saturated carbocycles. The molecule has 0 unspecified atom stereocenters. The van der Waals surface area contributed by atoms with E-state index >= 15 is 0 Å². The lowest BCUT2D eigenvalue weighted by atomic mass is 10.0. The Morgan fingerprint density at radius 1 is 0.885 bits per heavy atom. The average molecular weight is 358 g/mol. The van der Waals surface area contributed by atoms with Crippen molar-refractivity contribution in [3.63, 3.8) is 0 Å². The van der Waals surface area contributed by atoms with Gasteiger partial charge in [-0.3, -0.25) is 0 Å². The normalized spacial score (nSPS) is 13.3. The molecule has 2 aromatic carbocycles. The van der Waals surface area contributed by atoms with Crippen molar-refractivity contribution in [3.05, 3.63) is 53.6 Å².